The second-order valence-electron chi connectivity index (χ2n) is 5.36. The van der Waals surface area contributed by atoms with Crippen molar-refractivity contribution in [3.8, 4) is 0 Å². The molecule has 0 aliphatic carbocycles. The van der Waals surface area contributed by atoms with Gasteiger partial charge in [0, 0.05) is 11.9 Å². The topological polar surface area (TPSA) is 65.0 Å². The number of aliphatic carboxylic acids is 1. The maximum Gasteiger partial charge on any atom is 0.354 e. The summed E-state index contributed by atoms with van der Waals surface area (Å²) in [7, 11) is 0. The molecular weight excluding hydrogens is 320 g/mol. The summed E-state index contributed by atoms with van der Waals surface area (Å²) in [5, 5.41) is 13.5. The predicted molar refractivity (Wildman–Crippen MR) is 80.1 cm³/mol. The zero-order valence-electron chi connectivity index (χ0n) is 13.0. The van der Waals surface area contributed by atoms with Crippen LogP contribution in [0.25, 0.3) is 0 Å². The van der Waals surface area contributed by atoms with Crippen LogP contribution in [-0.4, -0.2) is 21.0 Å². The van der Waals surface area contributed by atoms with E-state index in [2.05, 4.69) is 5.32 Å². The zero-order chi connectivity index (χ0) is 17.4. The van der Waals surface area contributed by atoms with Gasteiger partial charge < -0.3 is 10.4 Å². The predicted octanol–water partition coefficient (Wildman–Crippen LogP) is 2.59. The van der Waals surface area contributed by atoms with E-state index >= 15 is 0 Å². The number of carboxylic acid groups (broad SMARTS) is 1. The first-order valence-electron chi connectivity index (χ1n) is 7.14. The lowest BCUT2D eigenvalue weighted by Crippen LogP contribution is -2.30. The summed E-state index contributed by atoms with van der Waals surface area (Å²) in [6, 6.07) is 3.60. The smallest absolute Gasteiger partial charge is 0.354 e. The van der Waals surface area contributed by atoms with Gasteiger partial charge in [0.15, 0.2) is 5.70 Å². The molecule has 2 aliphatic heterocycles. The number of nitrogens with zero attached hydrogens (tertiary/aromatic N) is 2. The number of allylic oxidation sites excluding steroid dienone is 2. The number of hydrogen-bond donors (Lipinski definition) is 2. The van der Waals surface area contributed by atoms with E-state index in [0.29, 0.717) is 17.2 Å². The first kappa shape index (κ1) is 16.0. The van der Waals surface area contributed by atoms with Gasteiger partial charge in [-0.25, -0.2) is 18.6 Å². The van der Waals surface area contributed by atoms with E-state index in [1.807, 2.05) is 0 Å². The van der Waals surface area contributed by atoms with Crippen LogP contribution in [0, 0.1) is 11.6 Å². The van der Waals surface area contributed by atoms with E-state index < -0.39 is 17.6 Å². The molecule has 1 aromatic carbocycles. The molecule has 2 aliphatic rings. The Labute approximate surface area is 136 Å². The molecule has 0 atom stereocenters. The van der Waals surface area contributed by atoms with Crippen molar-refractivity contribution in [1.82, 2.24) is 15.3 Å². The van der Waals surface area contributed by atoms with Crippen molar-refractivity contribution in [3.05, 3.63) is 70.7 Å². The molecule has 3 rings (SSSR count). The van der Waals surface area contributed by atoms with Crippen molar-refractivity contribution in [2.75, 3.05) is 0 Å². The normalized spacial score (nSPS) is 16.7. The van der Waals surface area contributed by atoms with E-state index in [0.717, 1.165) is 12.1 Å². The molecule has 0 unspecified atom stereocenters. The third-order valence-corrected chi connectivity index (χ3v) is 3.69. The van der Waals surface area contributed by atoms with Crippen molar-refractivity contribution in [2.24, 2.45) is 0 Å². The lowest BCUT2D eigenvalue weighted by molar-refractivity contribution is -0.134. The summed E-state index contributed by atoms with van der Waals surface area (Å²) in [5.41, 5.74) is 0.983. The number of benzene rings is 1. The van der Waals surface area contributed by atoms with Crippen LogP contribution in [0.5, 0.6) is 0 Å². The van der Waals surface area contributed by atoms with Gasteiger partial charge in [0.1, 0.15) is 24.1 Å². The summed E-state index contributed by atoms with van der Waals surface area (Å²) >= 11 is 0. The van der Waals surface area contributed by atoms with Gasteiger partial charge in [0.2, 0.25) is 0 Å². The van der Waals surface area contributed by atoms with Gasteiger partial charge in [0.25, 0.3) is 0 Å². The van der Waals surface area contributed by atoms with Gasteiger partial charge in [-0.3, -0.25) is 9.74 Å². The Morgan fingerprint density at radius 3 is 2.54 bits per heavy atom. The summed E-state index contributed by atoms with van der Waals surface area (Å²) in [4.78, 5) is 18.3. The van der Waals surface area contributed by atoms with Gasteiger partial charge in [-0.2, -0.15) is 0 Å². The van der Waals surface area contributed by atoms with E-state index in [1.165, 1.54) is 22.2 Å². The van der Waals surface area contributed by atoms with Crippen LogP contribution in [0.1, 0.15) is 19.4 Å². The Morgan fingerprint density at radius 2 is 1.92 bits per heavy atom. The highest BCUT2D eigenvalue weighted by molar-refractivity contribution is 5.88. The minimum Gasteiger partial charge on any atom is -0.477 e. The Hall–Kier alpha value is -2.87. The quantitative estimate of drug-likeness (QED) is 0.882. The van der Waals surface area contributed by atoms with Crippen molar-refractivity contribution in [3.63, 3.8) is 0 Å². The summed E-state index contributed by atoms with van der Waals surface area (Å²) < 4.78 is 27.3. The first-order chi connectivity index (χ1) is 11.4. The number of hydrogen-bond acceptors (Lipinski definition) is 5. The minimum absolute atomic E-state index is 0.111. The lowest BCUT2D eigenvalue weighted by atomic mass is 10.2. The average Bonchev–Trinajstić information content (AvgIpc) is 2.81. The highest BCUT2D eigenvalue weighted by Gasteiger charge is 2.32. The fraction of sp³-hybridized carbons (Fsp3) is 0.188. The summed E-state index contributed by atoms with van der Waals surface area (Å²) in [6.07, 6.45) is 3.09. The van der Waals surface area contributed by atoms with Crippen molar-refractivity contribution in [2.45, 2.75) is 20.5 Å². The van der Waals surface area contributed by atoms with Crippen molar-refractivity contribution in [1.29, 1.82) is 0 Å². The highest BCUT2D eigenvalue weighted by atomic mass is 19.1. The number of halogens is 2. The molecule has 6 nitrogen and oxygen atoms in total. The molecule has 2 N–H and O–H groups in total. The van der Waals surface area contributed by atoms with E-state index in [4.69, 9.17) is 4.84 Å². The molecule has 0 spiro atoms. The second kappa shape index (κ2) is 5.97. The van der Waals surface area contributed by atoms with Crippen LogP contribution in [0.4, 0.5) is 8.78 Å². The Kier molecular flexibility index (Phi) is 3.98. The summed E-state index contributed by atoms with van der Waals surface area (Å²) in [5.74, 6) is -1.96. The number of carbonyl (C=O) groups is 1. The number of hydroxylamine groups is 2. The number of rotatable bonds is 4. The van der Waals surface area contributed by atoms with Crippen molar-refractivity contribution >= 4 is 5.97 Å². The molecule has 8 heteroatoms. The van der Waals surface area contributed by atoms with Crippen LogP contribution in [0.15, 0.2) is 53.5 Å². The molecule has 0 amide bonds. The van der Waals surface area contributed by atoms with Gasteiger partial charge in [0.05, 0.1) is 17.5 Å². The summed E-state index contributed by atoms with van der Waals surface area (Å²) in [6.45, 7) is 3.04. The Bertz CT molecular complexity index is 782. The van der Waals surface area contributed by atoms with Crippen LogP contribution in [0.2, 0.25) is 0 Å². The molecule has 126 valence electrons. The van der Waals surface area contributed by atoms with Gasteiger partial charge in [-0.05, 0) is 26.0 Å². The van der Waals surface area contributed by atoms with Crippen molar-refractivity contribution < 1.29 is 23.5 Å². The largest absolute Gasteiger partial charge is 0.477 e. The third-order valence-electron chi connectivity index (χ3n) is 3.69. The first-order valence-corrected chi connectivity index (χ1v) is 7.14. The molecule has 0 bridgehead atoms. The second-order valence-corrected chi connectivity index (χ2v) is 5.36. The SMILES string of the molecule is CC1=CN2C(=CN1OCc1c(F)cccc1F)NC(C)=C2C(=O)O. The van der Waals surface area contributed by atoms with Crippen LogP contribution >= 0.6 is 0 Å². The van der Waals surface area contributed by atoms with E-state index in [-0.39, 0.29) is 17.9 Å². The zero-order valence-corrected chi connectivity index (χ0v) is 13.0. The Balaban J connectivity index is 1.78. The number of nitrogens with one attached hydrogen (secondary N) is 1. The maximum absolute atomic E-state index is 13.6. The van der Waals surface area contributed by atoms with Gasteiger partial charge >= 0.3 is 5.97 Å². The number of carboxylic acids is 1. The molecule has 0 saturated carbocycles. The molecule has 1 aromatic rings. The van der Waals surface area contributed by atoms with Crippen LogP contribution < -0.4 is 5.32 Å². The molecule has 24 heavy (non-hydrogen) atoms. The van der Waals surface area contributed by atoms with Crippen LogP contribution in [-0.2, 0) is 16.2 Å². The molecule has 0 radical (unpaired) electrons. The molecule has 0 fully saturated rings. The van der Waals surface area contributed by atoms with Gasteiger partial charge in [-0.1, -0.05) is 6.07 Å². The average molecular weight is 335 g/mol. The molecule has 0 saturated heterocycles. The third kappa shape index (κ3) is 2.71. The fourth-order valence-electron chi connectivity index (χ4n) is 2.50. The van der Waals surface area contributed by atoms with E-state index in [9.17, 15) is 18.7 Å². The highest BCUT2D eigenvalue weighted by Crippen LogP contribution is 2.29. The minimum atomic E-state index is -1.06. The lowest BCUT2D eigenvalue weighted by Gasteiger charge is -2.29. The van der Waals surface area contributed by atoms with Gasteiger partial charge in [-0.15, -0.1) is 0 Å². The number of fused-ring (bicyclic) bond motifs is 1. The maximum atomic E-state index is 13.6. The van der Waals surface area contributed by atoms with Crippen LogP contribution in [0.3, 0.4) is 0 Å². The standard InChI is InChI=1S/C16H15F2N3O3/c1-9-6-20-14(19-10(2)15(20)16(22)23)7-21(9)24-8-11-12(17)4-3-5-13(11)18/h3-7,19H,8H2,1-2H3,(H,22,23). The van der Waals surface area contributed by atoms with E-state index in [1.54, 1.807) is 20.0 Å². The molecule has 0 aromatic heterocycles. The fourth-order valence-corrected chi connectivity index (χ4v) is 2.50. The molecular formula is C16H15F2N3O3. The Morgan fingerprint density at radius 1 is 1.25 bits per heavy atom. The molecule has 2 heterocycles. The monoisotopic (exact) mass is 335 g/mol.